The van der Waals surface area contributed by atoms with Gasteiger partial charge in [-0.25, -0.2) is 9.78 Å². The maximum atomic E-state index is 11.1. The minimum atomic E-state index is -0.932. The Morgan fingerprint density at radius 3 is 2.55 bits per heavy atom. The Balaban J connectivity index is 2.27. The molecule has 20 heavy (non-hydrogen) atoms. The summed E-state index contributed by atoms with van der Waals surface area (Å²) in [6.07, 6.45) is 0.706. The van der Waals surface area contributed by atoms with Crippen LogP contribution in [0.3, 0.4) is 0 Å². The second kappa shape index (κ2) is 6.43. The number of hydrogen-bond acceptors (Lipinski definition) is 4. The Labute approximate surface area is 121 Å². The number of aryl methyl sites for hydroxylation is 1. The number of hydrogen-bond donors (Lipinski definition) is 1. The van der Waals surface area contributed by atoms with E-state index >= 15 is 0 Å². The van der Waals surface area contributed by atoms with Crippen molar-refractivity contribution in [3.63, 3.8) is 0 Å². The standard InChI is InChI=1S/C15H15NO3S/c1-3-11-8-10(15(17)18)9-14(16-11)20-13-6-4-12(19-2)5-7-13/h4-9H,3H2,1-2H3,(H,17,18). The highest BCUT2D eigenvalue weighted by Gasteiger charge is 2.09. The lowest BCUT2D eigenvalue weighted by atomic mass is 10.2. The summed E-state index contributed by atoms with van der Waals surface area (Å²) in [4.78, 5) is 16.5. The van der Waals surface area contributed by atoms with Crippen molar-refractivity contribution in [2.24, 2.45) is 0 Å². The topological polar surface area (TPSA) is 59.4 Å². The van der Waals surface area contributed by atoms with Gasteiger partial charge in [0.05, 0.1) is 12.7 Å². The van der Waals surface area contributed by atoms with E-state index in [1.165, 1.54) is 11.8 Å². The molecule has 2 rings (SSSR count). The molecule has 0 aliphatic carbocycles. The van der Waals surface area contributed by atoms with E-state index in [0.29, 0.717) is 11.4 Å². The lowest BCUT2D eigenvalue weighted by Crippen LogP contribution is -2.00. The van der Waals surface area contributed by atoms with Gasteiger partial charge in [0, 0.05) is 10.6 Å². The van der Waals surface area contributed by atoms with E-state index in [9.17, 15) is 4.79 Å². The van der Waals surface area contributed by atoms with Gasteiger partial charge in [-0.3, -0.25) is 0 Å². The van der Waals surface area contributed by atoms with Crippen molar-refractivity contribution in [3.8, 4) is 5.75 Å². The first-order valence-corrected chi connectivity index (χ1v) is 7.00. The molecule has 0 amide bonds. The third kappa shape index (κ3) is 3.51. The molecule has 104 valence electrons. The van der Waals surface area contributed by atoms with E-state index < -0.39 is 5.97 Å². The fourth-order valence-electron chi connectivity index (χ4n) is 1.68. The fraction of sp³-hybridized carbons (Fsp3) is 0.200. The number of ether oxygens (including phenoxy) is 1. The minimum absolute atomic E-state index is 0.271. The van der Waals surface area contributed by atoms with Gasteiger partial charge in [-0.2, -0.15) is 0 Å². The van der Waals surface area contributed by atoms with Crippen LogP contribution in [0.5, 0.6) is 5.75 Å². The predicted octanol–water partition coefficient (Wildman–Crippen LogP) is 3.50. The zero-order chi connectivity index (χ0) is 14.5. The van der Waals surface area contributed by atoms with Gasteiger partial charge >= 0.3 is 5.97 Å². The van der Waals surface area contributed by atoms with Gasteiger partial charge in [0.15, 0.2) is 0 Å². The van der Waals surface area contributed by atoms with Crippen LogP contribution in [0.4, 0.5) is 0 Å². The number of carboxylic acids is 1. The van der Waals surface area contributed by atoms with E-state index in [4.69, 9.17) is 9.84 Å². The van der Waals surface area contributed by atoms with Gasteiger partial charge in [-0.15, -0.1) is 0 Å². The fourth-order valence-corrected chi connectivity index (χ4v) is 2.54. The molecule has 0 saturated carbocycles. The SMILES string of the molecule is CCc1cc(C(=O)O)cc(Sc2ccc(OC)cc2)n1. The van der Waals surface area contributed by atoms with Crippen LogP contribution in [-0.2, 0) is 6.42 Å². The van der Waals surface area contributed by atoms with Gasteiger partial charge < -0.3 is 9.84 Å². The zero-order valence-electron chi connectivity index (χ0n) is 11.3. The smallest absolute Gasteiger partial charge is 0.335 e. The van der Waals surface area contributed by atoms with Crippen molar-refractivity contribution in [1.29, 1.82) is 0 Å². The first-order valence-electron chi connectivity index (χ1n) is 6.18. The number of pyridine rings is 1. The number of nitrogens with zero attached hydrogens (tertiary/aromatic N) is 1. The van der Waals surface area contributed by atoms with Crippen LogP contribution < -0.4 is 4.74 Å². The summed E-state index contributed by atoms with van der Waals surface area (Å²) >= 11 is 1.44. The molecule has 0 aliphatic heterocycles. The lowest BCUT2D eigenvalue weighted by molar-refractivity contribution is 0.0696. The molecule has 5 heteroatoms. The molecule has 0 bridgehead atoms. The summed E-state index contributed by atoms with van der Waals surface area (Å²) in [6.45, 7) is 1.95. The monoisotopic (exact) mass is 289 g/mol. The van der Waals surface area contributed by atoms with Crippen molar-refractivity contribution in [2.45, 2.75) is 23.3 Å². The van der Waals surface area contributed by atoms with Crippen LogP contribution in [0.15, 0.2) is 46.3 Å². The molecule has 0 spiro atoms. The summed E-state index contributed by atoms with van der Waals surface area (Å²) < 4.78 is 5.10. The maximum Gasteiger partial charge on any atom is 0.335 e. The highest BCUT2D eigenvalue weighted by atomic mass is 32.2. The van der Waals surface area contributed by atoms with Crippen molar-refractivity contribution >= 4 is 17.7 Å². The molecule has 0 radical (unpaired) electrons. The molecule has 0 atom stereocenters. The molecule has 0 unspecified atom stereocenters. The average molecular weight is 289 g/mol. The van der Waals surface area contributed by atoms with Crippen LogP contribution in [0, 0.1) is 0 Å². The molecule has 1 heterocycles. The molecule has 4 nitrogen and oxygen atoms in total. The third-order valence-electron chi connectivity index (χ3n) is 2.75. The number of carbonyl (C=O) groups is 1. The summed E-state index contributed by atoms with van der Waals surface area (Å²) in [7, 11) is 1.62. The first-order chi connectivity index (χ1) is 9.62. The largest absolute Gasteiger partial charge is 0.497 e. The molecule has 0 saturated heterocycles. The number of benzene rings is 1. The molecule has 1 aromatic heterocycles. The van der Waals surface area contributed by atoms with Crippen LogP contribution in [0.2, 0.25) is 0 Å². The molecule has 1 aromatic carbocycles. The van der Waals surface area contributed by atoms with E-state index in [1.807, 2.05) is 31.2 Å². The van der Waals surface area contributed by atoms with Crippen molar-refractivity contribution < 1.29 is 14.6 Å². The van der Waals surface area contributed by atoms with E-state index in [2.05, 4.69) is 4.98 Å². The molecule has 2 aromatic rings. The molecular weight excluding hydrogens is 274 g/mol. The van der Waals surface area contributed by atoms with Gasteiger partial charge in [-0.1, -0.05) is 18.7 Å². The third-order valence-corrected chi connectivity index (χ3v) is 3.67. The second-order valence-corrected chi connectivity index (χ2v) is 5.22. The number of aromatic nitrogens is 1. The molecular formula is C15H15NO3S. The molecule has 1 N–H and O–H groups in total. The number of methoxy groups -OCH3 is 1. The van der Waals surface area contributed by atoms with Crippen molar-refractivity contribution in [1.82, 2.24) is 4.98 Å². The maximum absolute atomic E-state index is 11.1. The highest BCUT2D eigenvalue weighted by molar-refractivity contribution is 7.99. The highest BCUT2D eigenvalue weighted by Crippen LogP contribution is 2.28. The number of aromatic carboxylic acids is 1. The van der Waals surface area contributed by atoms with Crippen LogP contribution in [0.1, 0.15) is 23.0 Å². The van der Waals surface area contributed by atoms with Crippen LogP contribution >= 0.6 is 11.8 Å². The van der Waals surface area contributed by atoms with Gasteiger partial charge in [0.2, 0.25) is 0 Å². The number of carboxylic acid groups (broad SMARTS) is 1. The summed E-state index contributed by atoms with van der Waals surface area (Å²) in [6, 6.07) is 10.8. The average Bonchev–Trinajstić information content (AvgIpc) is 2.47. The van der Waals surface area contributed by atoms with Crippen molar-refractivity contribution in [3.05, 3.63) is 47.7 Å². The van der Waals surface area contributed by atoms with Gasteiger partial charge in [0.25, 0.3) is 0 Å². The normalized spacial score (nSPS) is 10.3. The van der Waals surface area contributed by atoms with Gasteiger partial charge in [0.1, 0.15) is 10.8 Å². The molecule has 0 aliphatic rings. The van der Waals surface area contributed by atoms with Gasteiger partial charge in [-0.05, 0) is 42.8 Å². The van der Waals surface area contributed by atoms with E-state index in [-0.39, 0.29) is 5.56 Å². The second-order valence-electron chi connectivity index (χ2n) is 4.12. The molecule has 0 fully saturated rings. The Bertz CT molecular complexity index is 611. The van der Waals surface area contributed by atoms with Crippen molar-refractivity contribution in [2.75, 3.05) is 7.11 Å². The predicted molar refractivity (Wildman–Crippen MR) is 77.7 cm³/mol. The lowest BCUT2D eigenvalue weighted by Gasteiger charge is -2.06. The summed E-state index contributed by atoms with van der Waals surface area (Å²) in [5.74, 6) is -0.144. The first kappa shape index (κ1) is 14.4. The Morgan fingerprint density at radius 1 is 1.30 bits per heavy atom. The van der Waals surface area contributed by atoms with E-state index in [0.717, 1.165) is 16.3 Å². The van der Waals surface area contributed by atoms with Crippen LogP contribution in [-0.4, -0.2) is 23.2 Å². The summed E-state index contributed by atoms with van der Waals surface area (Å²) in [5, 5.41) is 9.80. The Kier molecular flexibility index (Phi) is 4.63. The Morgan fingerprint density at radius 2 is 2.00 bits per heavy atom. The number of rotatable bonds is 5. The zero-order valence-corrected chi connectivity index (χ0v) is 12.1. The minimum Gasteiger partial charge on any atom is -0.497 e. The quantitative estimate of drug-likeness (QED) is 0.912. The Hall–Kier alpha value is -2.01. The summed E-state index contributed by atoms with van der Waals surface area (Å²) in [5.41, 5.74) is 1.05. The van der Waals surface area contributed by atoms with Crippen LogP contribution in [0.25, 0.3) is 0 Å². The van der Waals surface area contributed by atoms with E-state index in [1.54, 1.807) is 19.2 Å².